The minimum Gasteiger partial charge on any atom is -0.0683 e. The average molecular weight is 1060 g/mol. The summed E-state index contributed by atoms with van der Waals surface area (Å²) in [6.07, 6.45) is 5.58. The molecule has 2 atom stereocenters. The molecule has 414 valence electrons. The molecule has 0 heterocycles. The molecule has 0 saturated carbocycles. The number of aryl methyl sites for hydroxylation is 7. The van der Waals surface area contributed by atoms with Crippen LogP contribution in [-0.4, -0.2) is 0 Å². The molecule has 0 radical (unpaired) electrons. The van der Waals surface area contributed by atoms with E-state index in [1.165, 1.54) is 117 Å². The van der Waals surface area contributed by atoms with Crippen LogP contribution in [0.2, 0.25) is 0 Å². The van der Waals surface area contributed by atoms with Crippen LogP contribution in [0.25, 0.3) is 43.8 Å². The second-order valence-electron chi connectivity index (χ2n) is 21.0. The fraction of sp³-hybridized carbons (Fsp3) is 0.235. The van der Waals surface area contributed by atoms with Crippen LogP contribution in [0.3, 0.4) is 0 Å². The van der Waals surface area contributed by atoms with E-state index in [1.54, 1.807) is 0 Å². The smallest absolute Gasteiger partial charge is 0.00673 e. The lowest BCUT2D eigenvalue weighted by atomic mass is 9.85. The Balaban J connectivity index is 0.000000191. The van der Waals surface area contributed by atoms with Gasteiger partial charge in [-0.1, -0.05) is 309 Å². The zero-order valence-electron chi connectivity index (χ0n) is 50.9. The highest BCUT2D eigenvalue weighted by atomic mass is 14.2. The molecule has 0 nitrogen and oxygen atoms in total. The highest BCUT2D eigenvalue weighted by Crippen LogP contribution is 2.36. The third kappa shape index (κ3) is 18.0. The third-order valence-corrected chi connectivity index (χ3v) is 15.4. The summed E-state index contributed by atoms with van der Waals surface area (Å²) >= 11 is 0. The van der Waals surface area contributed by atoms with Gasteiger partial charge in [-0.25, -0.2) is 0 Å². The van der Waals surface area contributed by atoms with Crippen molar-refractivity contribution in [3.05, 3.63) is 322 Å². The van der Waals surface area contributed by atoms with E-state index in [-0.39, 0.29) is 0 Å². The number of hydrogen-bond acceptors (Lipinski definition) is 0. The monoisotopic (exact) mass is 1060 g/mol. The highest BCUT2D eigenvalue weighted by molar-refractivity contribution is 5.87. The van der Waals surface area contributed by atoms with Gasteiger partial charge in [-0.05, 0) is 178 Å². The van der Waals surface area contributed by atoms with E-state index in [1.807, 2.05) is 27.7 Å². The molecule has 2 unspecified atom stereocenters. The summed E-state index contributed by atoms with van der Waals surface area (Å²) in [7, 11) is 0. The summed E-state index contributed by atoms with van der Waals surface area (Å²) < 4.78 is 0. The van der Waals surface area contributed by atoms with Crippen molar-refractivity contribution < 1.29 is 0 Å². The van der Waals surface area contributed by atoms with Crippen molar-refractivity contribution >= 4 is 21.5 Å². The molecule has 11 aromatic rings. The van der Waals surface area contributed by atoms with Gasteiger partial charge in [0.25, 0.3) is 0 Å². The zero-order chi connectivity index (χ0) is 57.9. The van der Waals surface area contributed by atoms with Gasteiger partial charge >= 0.3 is 0 Å². The van der Waals surface area contributed by atoms with Crippen molar-refractivity contribution in [2.24, 2.45) is 0 Å². The van der Waals surface area contributed by atoms with Crippen molar-refractivity contribution in [1.29, 1.82) is 0 Å². The molecule has 0 aliphatic heterocycles. The predicted molar refractivity (Wildman–Crippen MR) is 358 cm³/mol. The maximum absolute atomic E-state index is 2.43. The quantitative estimate of drug-likeness (QED) is 0.114. The summed E-state index contributed by atoms with van der Waals surface area (Å²) in [5, 5.41) is 5.34. The lowest BCUT2D eigenvalue weighted by Crippen LogP contribution is -2.00. The molecule has 0 fully saturated rings. The molecular weight excluding hydrogens is 973 g/mol. The van der Waals surface area contributed by atoms with Crippen molar-refractivity contribution in [2.75, 3.05) is 0 Å². The normalized spacial score (nSPS) is 11.1. The first kappa shape index (κ1) is 62.1. The summed E-state index contributed by atoms with van der Waals surface area (Å²) in [5.41, 5.74) is 21.9. The van der Waals surface area contributed by atoms with Crippen LogP contribution in [0.1, 0.15) is 140 Å². The Morgan fingerprint density at radius 3 is 1.48 bits per heavy atom. The van der Waals surface area contributed by atoms with E-state index in [0.29, 0.717) is 11.8 Å². The average Bonchev–Trinajstić information content (AvgIpc) is 3.56. The molecule has 0 aromatic heterocycles. The molecule has 0 amide bonds. The van der Waals surface area contributed by atoms with E-state index in [0.717, 1.165) is 25.7 Å². The van der Waals surface area contributed by atoms with Crippen LogP contribution in [-0.2, 0) is 19.3 Å². The predicted octanol–water partition coefficient (Wildman–Crippen LogP) is 23.4. The summed E-state index contributed by atoms with van der Waals surface area (Å²) in [6.45, 7) is 25.7. The summed E-state index contributed by atoms with van der Waals surface area (Å²) in [4.78, 5) is 0. The Kier molecular flexibility index (Phi) is 25.2. The van der Waals surface area contributed by atoms with Crippen LogP contribution in [0.4, 0.5) is 0 Å². The van der Waals surface area contributed by atoms with E-state index in [2.05, 4.69) is 310 Å². The first-order valence-electron chi connectivity index (χ1n) is 30.0. The highest BCUT2D eigenvalue weighted by Gasteiger charge is 2.15. The van der Waals surface area contributed by atoms with E-state index in [4.69, 9.17) is 0 Å². The Morgan fingerprint density at radius 2 is 0.827 bits per heavy atom. The van der Waals surface area contributed by atoms with Gasteiger partial charge in [-0.3, -0.25) is 0 Å². The Hall–Kier alpha value is -8.06. The fourth-order valence-electron chi connectivity index (χ4n) is 10.4. The maximum atomic E-state index is 2.43. The largest absolute Gasteiger partial charge is 0.0683 e. The number of rotatable bonds is 12. The lowest BCUT2D eigenvalue weighted by molar-refractivity contribution is 0.733. The van der Waals surface area contributed by atoms with Gasteiger partial charge in [-0.15, -0.1) is 0 Å². The standard InChI is InChI=1S/C34H32.C22H22.C11H10.C10H14.2C2H6/c1-25-22-23-30(26(2)31-21-11-18-28-15-6-8-19-32(28)31)24-34(25)33-20-9-7-16-29(33)17-10-14-27-12-4-3-5-13-27;1-16-8-11-19(12-9-16)14-20-13-10-18(3)22(15-20)21-7-5-4-6-17(21)2;1-9-5-4-7-10-6-2-3-8-11(9)10;1-3-9(2)10-7-5-4-6-8-10;2*1-2/h3-9,11-13,15-16,18-24,26H,10,14,17H2,1-2H3;4-13,15H,14H2,1-3H3;2-8H,1H3;4-9H,3H2,1-2H3;2*1-2H3. The van der Waals surface area contributed by atoms with Gasteiger partial charge in [0.15, 0.2) is 0 Å². The summed E-state index contributed by atoms with van der Waals surface area (Å²) in [5.74, 6) is 1.04. The molecule has 11 rings (SSSR count). The van der Waals surface area contributed by atoms with E-state index in [9.17, 15) is 0 Å². The van der Waals surface area contributed by atoms with Gasteiger partial charge < -0.3 is 0 Å². The number of benzene rings is 11. The molecule has 0 heteroatoms. The minimum atomic E-state index is 0.329. The fourth-order valence-corrected chi connectivity index (χ4v) is 10.4. The van der Waals surface area contributed by atoms with Crippen LogP contribution < -0.4 is 0 Å². The molecule has 0 bridgehead atoms. The molecule has 0 saturated heterocycles. The van der Waals surface area contributed by atoms with Crippen LogP contribution >= 0.6 is 0 Å². The topological polar surface area (TPSA) is 0 Å². The van der Waals surface area contributed by atoms with Gasteiger partial charge in [0.05, 0.1) is 0 Å². The van der Waals surface area contributed by atoms with Crippen LogP contribution in [0.15, 0.2) is 255 Å². The van der Waals surface area contributed by atoms with E-state index < -0.39 is 0 Å². The Bertz CT molecular complexity index is 3570. The van der Waals surface area contributed by atoms with Crippen molar-refractivity contribution in [2.45, 2.75) is 127 Å². The van der Waals surface area contributed by atoms with Crippen molar-refractivity contribution in [1.82, 2.24) is 0 Å². The van der Waals surface area contributed by atoms with Crippen LogP contribution in [0, 0.1) is 34.6 Å². The molecular formula is C81H90. The molecule has 0 N–H and O–H groups in total. The lowest BCUT2D eigenvalue weighted by Gasteiger charge is -2.19. The van der Waals surface area contributed by atoms with Gasteiger partial charge in [0, 0.05) is 5.92 Å². The summed E-state index contributed by atoms with van der Waals surface area (Å²) in [6, 6.07) is 91.9. The van der Waals surface area contributed by atoms with E-state index >= 15 is 0 Å². The second kappa shape index (κ2) is 32.9. The molecule has 0 aliphatic carbocycles. The Morgan fingerprint density at radius 1 is 0.333 bits per heavy atom. The number of hydrogen-bond donors (Lipinski definition) is 0. The SMILES string of the molecule is CC.CC.CCC(C)c1ccccc1.Cc1ccc(C(C)c2cccc3ccccc23)cc1-c1ccccc1CCCc1ccccc1.Cc1ccc(Cc2ccc(C)c(-c3ccccc3C)c2)cc1.Cc1cccc2ccccc12. The zero-order valence-corrected chi connectivity index (χ0v) is 50.9. The first-order valence-corrected chi connectivity index (χ1v) is 30.0. The molecule has 81 heavy (non-hydrogen) atoms. The van der Waals surface area contributed by atoms with Gasteiger partial charge in [0.2, 0.25) is 0 Å². The third-order valence-electron chi connectivity index (χ3n) is 15.4. The minimum absolute atomic E-state index is 0.329. The van der Waals surface area contributed by atoms with Crippen molar-refractivity contribution in [3.63, 3.8) is 0 Å². The van der Waals surface area contributed by atoms with Gasteiger partial charge in [0.1, 0.15) is 0 Å². The number of fused-ring (bicyclic) bond motifs is 2. The Labute approximate surface area is 489 Å². The van der Waals surface area contributed by atoms with Crippen LogP contribution in [0.5, 0.6) is 0 Å². The van der Waals surface area contributed by atoms with Gasteiger partial charge in [-0.2, -0.15) is 0 Å². The second-order valence-corrected chi connectivity index (χ2v) is 21.0. The first-order chi connectivity index (χ1) is 39.6. The molecule has 0 aliphatic rings. The molecule has 0 spiro atoms. The maximum Gasteiger partial charge on any atom is 0.00673 e. The molecule has 11 aromatic carbocycles. The van der Waals surface area contributed by atoms with Crippen molar-refractivity contribution in [3.8, 4) is 22.3 Å².